The van der Waals surface area contributed by atoms with Crippen molar-refractivity contribution in [3.8, 4) is 5.75 Å². The van der Waals surface area contributed by atoms with Crippen LogP contribution in [0.15, 0.2) is 89.9 Å². The first-order chi connectivity index (χ1) is 41.5. The lowest BCUT2D eigenvalue weighted by Gasteiger charge is -2.32. The summed E-state index contributed by atoms with van der Waals surface area (Å²) in [5.41, 5.74) is 18.8. The minimum absolute atomic E-state index is 0.00420. The number of aliphatic hydroxyl groups excluding tert-OH is 1. The largest absolute Gasteiger partial charge is 0.508 e. The molecule has 3 aromatic carbocycles. The number of phenols is 1. The number of rotatable bonds is 33. The van der Waals surface area contributed by atoms with E-state index in [1.165, 1.54) is 40.6 Å². The Hall–Kier alpha value is -8.30. The highest BCUT2D eigenvalue weighted by Gasteiger charge is 2.43. The number of aromatic hydroxyl groups is 1. The molecule has 0 aliphatic carbocycles. The molecule has 0 radical (unpaired) electrons. The highest BCUT2D eigenvalue weighted by molar-refractivity contribution is 7.98. The van der Waals surface area contributed by atoms with Gasteiger partial charge in [0.2, 0.25) is 53.2 Å². The molecule has 2 fully saturated rings. The smallest absolute Gasteiger partial charge is 0.326 e. The Bertz CT molecular complexity index is 2850. The van der Waals surface area contributed by atoms with Crippen LogP contribution in [0.25, 0.3) is 0 Å². The van der Waals surface area contributed by atoms with Crippen molar-refractivity contribution in [1.29, 1.82) is 0 Å². The summed E-state index contributed by atoms with van der Waals surface area (Å²) in [7, 11) is 0. The molecule has 16 N–H and O–H groups in total. The molecule has 2 aliphatic rings. The fraction of sp³-hybridized carbons (Fsp3) is 0.517. The van der Waals surface area contributed by atoms with Crippen molar-refractivity contribution in [2.45, 2.75) is 152 Å². The minimum Gasteiger partial charge on any atom is -0.508 e. The van der Waals surface area contributed by atoms with Crippen molar-refractivity contribution in [2.24, 2.45) is 28.1 Å². The highest BCUT2D eigenvalue weighted by Crippen LogP contribution is 2.24. The summed E-state index contributed by atoms with van der Waals surface area (Å²) in [5, 5.41) is 48.3. The second-order valence-electron chi connectivity index (χ2n) is 22.2. The third kappa shape index (κ3) is 21.9. The number of guanidine groups is 1. The SMILES string of the molecule is CSCC[C@H](NC(=O)[C@@H]1CCCN1C(=O)[C@H](Cc1ccccc1)NC(=O)[C@H](Cc1ccccc1)NC(=O)[C@H](CO)NC(=O)[C@@H](N)Cc1ccc(O)cc1)C(=O)N1CCC[C@H]1C(=O)N[C@@H](CC(C)C)C(=O)N[C@H](C)C(=O)N[C@@H](CCCN=C(N)N)C(=O)O. The Balaban J connectivity index is 1.29. The average molecular weight is 1230 g/mol. The van der Waals surface area contributed by atoms with E-state index in [2.05, 4.69) is 42.2 Å². The zero-order chi connectivity index (χ0) is 63.7. The molecule has 0 aromatic heterocycles. The maximum atomic E-state index is 15.0. The van der Waals surface area contributed by atoms with Gasteiger partial charge in [-0.3, -0.25) is 48.1 Å². The molecule has 474 valence electrons. The summed E-state index contributed by atoms with van der Waals surface area (Å²) in [4.78, 5) is 146. The van der Waals surface area contributed by atoms with Crippen molar-refractivity contribution < 1.29 is 63.3 Å². The topological polar surface area (TPSA) is 412 Å². The van der Waals surface area contributed by atoms with Gasteiger partial charge in [0.15, 0.2) is 5.96 Å². The van der Waals surface area contributed by atoms with Gasteiger partial charge in [-0.25, -0.2) is 4.79 Å². The lowest BCUT2D eigenvalue weighted by atomic mass is 10.0. The molecule has 3 aromatic rings. The number of thioether (sulfide) groups is 1. The number of aliphatic imine (C=N–C) groups is 1. The molecule has 26 nitrogen and oxygen atoms in total. The lowest BCUT2D eigenvalue weighted by molar-refractivity contribution is -0.144. The van der Waals surface area contributed by atoms with Gasteiger partial charge in [-0.05, 0) is 111 Å². The van der Waals surface area contributed by atoms with E-state index in [0.717, 1.165) is 0 Å². The zero-order valence-corrected chi connectivity index (χ0v) is 50.5. The van der Waals surface area contributed by atoms with Crippen molar-refractivity contribution >= 4 is 76.9 Å². The summed E-state index contributed by atoms with van der Waals surface area (Å²) in [5.74, 6) is -7.52. The minimum atomic E-state index is -1.54. The fourth-order valence-corrected chi connectivity index (χ4v) is 10.8. The van der Waals surface area contributed by atoms with E-state index in [4.69, 9.17) is 17.2 Å². The number of hydrogen-bond acceptors (Lipinski definition) is 15. The number of nitrogens with zero attached hydrogens (tertiary/aromatic N) is 3. The van der Waals surface area contributed by atoms with E-state index >= 15 is 0 Å². The normalized spacial score (nSPS) is 17.4. The molecular weight excluding hydrogens is 1140 g/mol. The van der Waals surface area contributed by atoms with Gasteiger partial charge in [-0.15, -0.1) is 0 Å². The third-order valence-corrected chi connectivity index (χ3v) is 15.6. The van der Waals surface area contributed by atoms with Gasteiger partial charge in [0.1, 0.15) is 60.1 Å². The van der Waals surface area contributed by atoms with Crippen LogP contribution in [0.2, 0.25) is 0 Å². The third-order valence-electron chi connectivity index (χ3n) is 14.9. The van der Waals surface area contributed by atoms with Crippen LogP contribution in [0.1, 0.15) is 88.8 Å². The molecule has 5 rings (SSSR count). The van der Waals surface area contributed by atoms with E-state index < -0.39 is 126 Å². The second-order valence-corrected chi connectivity index (χ2v) is 23.2. The molecule has 0 spiro atoms. The lowest BCUT2D eigenvalue weighted by Crippen LogP contribution is -2.61. The number of amides is 9. The molecule has 27 heteroatoms. The quantitative estimate of drug-likeness (QED) is 0.0199. The number of nitrogens with two attached hydrogens (primary N) is 3. The molecule has 0 saturated carbocycles. The molecule has 0 unspecified atom stereocenters. The van der Waals surface area contributed by atoms with Crippen LogP contribution in [0.4, 0.5) is 0 Å². The Morgan fingerprint density at radius 3 is 1.60 bits per heavy atom. The zero-order valence-electron chi connectivity index (χ0n) is 49.7. The summed E-state index contributed by atoms with van der Waals surface area (Å²) in [6.45, 7) is 4.59. The molecule has 2 saturated heterocycles. The highest BCUT2D eigenvalue weighted by atomic mass is 32.2. The summed E-state index contributed by atoms with van der Waals surface area (Å²) in [6, 6.07) is 11.3. The number of aliphatic hydroxyl groups is 1. The Kier molecular flexibility index (Phi) is 27.7. The molecule has 0 bridgehead atoms. The number of benzene rings is 3. The number of carboxylic acid groups (broad SMARTS) is 1. The van der Waals surface area contributed by atoms with E-state index in [9.17, 15) is 63.3 Å². The van der Waals surface area contributed by atoms with Crippen molar-refractivity contribution in [2.75, 3.05) is 38.2 Å². The summed E-state index contributed by atoms with van der Waals surface area (Å²) in [6.07, 6.45) is 3.58. The monoisotopic (exact) mass is 1230 g/mol. The Morgan fingerprint density at radius 1 is 0.586 bits per heavy atom. The Morgan fingerprint density at radius 2 is 1.07 bits per heavy atom. The van der Waals surface area contributed by atoms with Crippen LogP contribution < -0.4 is 54.4 Å². The van der Waals surface area contributed by atoms with E-state index in [1.54, 1.807) is 72.8 Å². The van der Waals surface area contributed by atoms with Gasteiger partial charge in [0.05, 0.1) is 12.6 Å². The maximum absolute atomic E-state index is 15.0. The van der Waals surface area contributed by atoms with Crippen LogP contribution in [0.5, 0.6) is 5.75 Å². The fourth-order valence-electron chi connectivity index (χ4n) is 10.3. The van der Waals surface area contributed by atoms with E-state index in [-0.39, 0.29) is 95.0 Å². The first-order valence-electron chi connectivity index (χ1n) is 29.2. The van der Waals surface area contributed by atoms with Gasteiger partial charge in [0.25, 0.3) is 0 Å². The van der Waals surface area contributed by atoms with Crippen LogP contribution in [0, 0.1) is 5.92 Å². The predicted octanol–water partition coefficient (Wildman–Crippen LogP) is -0.927. The van der Waals surface area contributed by atoms with Gasteiger partial charge < -0.3 is 79.5 Å². The molecule has 2 aliphatic heterocycles. The second kappa shape index (κ2) is 34.7. The van der Waals surface area contributed by atoms with Gasteiger partial charge in [-0.1, -0.05) is 86.6 Å². The number of carbonyl (C=O) groups is 10. The number of likely N-dealkylation sites (tertiary alicyclic amines) is 2. The Labute approximate surface area is 510 Å². The molecular formula is C60H85N13O13S. The number of carbonyl (C=O) groups excluding carboxylic acids is 9. The van der Waals surface area contributed by atoms with Crippen LogP contribution in [-0.2, 0) is 67.2 Å². The number of aliphatic carboxylic acids is 1. The van der Waals surface area contributed by atoms with Crippen LogP contribution in [-0.4, -0.2) is 189 Å². The maximum Gasteiger partial charge on any atom is 0.326 e. The standard InChI is InChI=1S/C60H85N13O13S/c1-35(2)30-44(52(78)65-36(3)50(76)67-43(59(85)86)18-11-26-64-60(62)63)69-56(82)49-20-12-27-72(49)57(83)42(25-29-87-4)66-55(81)48-19-13-28-73(48)58(84)46(33-38-16-9-6-10-17-38)70-53(79)45(32-37-14-7-5-8-15-37)68-54(80)47(34-74)71-51(77)41(61)31-39-21-23-40(75)24-22-39/h5-10,14-17,21-24,35-36,41-49,74-75H,11-13,18-20,25-34,61H2,1-4H3,(H,65,78)(H,66,81)(H,67,76)(H,68,80)(H,69,82)(H,70,79)(H,71,77)(H,85,86)(H4,62,63,64)/t36-,41+,42+,43+,44+,45+,46+,47+,48+,49+/m1/s1. The van der Waals surface area contributed by atoms with Crippen molar-refractivity contribution in [3.63, 3.8) is 0 Å². The summed E-state index contributed by atoms with van der Waals surface area (Å²) < 4.78 is 0. The van der Waals surface area contributed by atoms with Crippen LogP contribution in [0.3, 0.4) is 0 Å². The number of hydrogen-bond donors (Lipinski definition) is 13. The molecule has 10 atom stereocenters. The van der Waals surface area contributed by atoms with E-state index in [0.29, 0.717) is 35.3 Å². The molecule has 2 heterocycles. The predicted molar refractivity (Wildman–Crippen MR) is 326 cm³/mol. The molecule has 9 amide bonds. The number of carboxylic acids is 1. The number of nitrogens with one attached hydrogen (secondary N) is 7. The van der Waals surface area contributed by atoms with Crippen LogP contribution >= 0.6 is 11.8 Å². The van der Waals surface area contributed by atoms with Crippen molar-refractivity contribution in [1.82, 2.24) is 47.0 Å². The van der Waals surface area contributed by atoms with Gasteiger partial charge in [0, 0.05) is 32.5 Å². The first kappa shape index (κ1) is 69.5. The molecule has 87 heavy (non-hydrogen) atoms. The number of phenolic OH excluding ortho intramolecular Hbond substituents is 1. The van der Waals surface area contributed by atoms with Gasteiger partial charge in [-0.2, -0.15) is 11.8 Å². The van der Waals surface area contributed by atoms with E-state index in [1.807, 2.05) is 20.1 Å². The summed E-state index contributed by atoms with van der Waals surface area (Å²) >= 11 is 1.43. The van der Waals surface area contributed by atoms with Crippen molar-refractivity contribution in [3.05, 3.63) is 102 Å². The van der Waals surface area contributed by atoms with Gasteiger partial charge >= 0.3 is 5.97 Å². The average Bonchev–Trinajstić information content (AvgIpc) is 2.49. The first-order valence-corrected chi connectivity index (χ1v) is 30.6.